The van der Waals surface area contributed by atoms with Crippen molar-refractivity contribution in [1.82, 2.24) is 10.3 Å². The van der Waals surface area contributed by atoms with Crippen molar-refractivity contribution in [3.63, 3.8) is 0 Å². The van der Waals surface area contributed by atoms with Crippen LogP contribution >= 0.6 is 0 Å². The van der Waals surface area contributed by atoms with E-state index in [-0.39, 0.29) is 18.0 Å². The van der Waals surface area contributed by atoms with Gasteiger partial charge in [0.2, 0.25) is 5.56 Å². The molecule has 2 N–H and O–H groups in total. The maximum atomic E-state index is 12.3. The predicted molar refractivity (Wildman–Crippen MR) is 164 cm³/mol. The smallest absolute Gasteiger partial charge is 0.248 e. The van der Waals surface area contributed by atoms with Gasteiger partial charge in [-0.1, -0.05) is 58.7 Å². The van der Waals surface area contributed by atoms with Crippen molar-refractivity contribution in [2.45, 2.75) is 104 Å². The van der Waals surface area contributed by atoms with Gasteiger partial charge in [0.15, 0.2) is 6.29 Å². The molecule has 0 saturated heterocycles. The van der Waals surface area contributed by atoms with Crippen LogP contribution < -0.4 is 15.6 Å². The van der Waals surface area contributed by atoms with Gasteiger partial charge in [-0.05, 0) is 85.4 Å². The lowest BCUT2D eigenvalue weighted by molar-refractivity contribution is -0.161. The highest BCUT2D eigenvalue weighted by molar-refractivity contribution is 5.87. The molecule has 1 aromatic heterocycles. The van der Waals surface area contributed by atoms with Crippen molar-refractivity contribution < 1.29 is 14.2 Å². The molecule has 3 aromatic rings. The van der Waals surface area contributed by atoms with E-state index in [9.17, 15) is 4.79 Å². The van der Waals surface area contributed by atoms with Crippen molar-refractivity contribution >= 4 is 10.9 Å². The van der Waals surface area contributed by atoms with Gasteiger partial charge in [0.25, 0.3) is 0 Å². The number of nitrogens with one attached hydrogen (secondary N) is 2. The SMILES string of the molecule is CCCCOc1ccc(C(CNC2Cc3cc(CC)c(CC)cc3C2)O[C@@H](C)OCCCC)c2ccc(=O)[nH]c12. The third kappa shape index (κ3) is 7.54. The number of ether oxygens (including phenoxy) is 3. The molecule has 0 saturated carbocycles. The second kappa shape index (κ2) is 14.8. The van der Waals surface area contributed by atoms with Crippen molar-refractivity contribution in [3.05, 3.63) is 74.6 Å². The number of hydrogen-bond acceptors (Lipinski definition) is 5. The van der Waals surface area contributed by atoms with Crippen LogP contribution in [0.4, 0.5) is 0 Å². The first-order chi connectivity index (χ1) is 19.5. The van der Waals surface area contributed by atoms with Crippen molar-refractivity contribution in [2.75, 3.05) is 19.8 Å². The minimum Gasteiger partial charge on any atom is -0.491 e. The number of aromatic nitrogens is 1. The second-order valence-corrected chi connectivity index (χ2v) is 11.0. The number of aromatic amines is 1. The van der Waals surface area contributed by atoms with E-state index in [4.69, 9.17) is 14.2 Å². The van der Waals surface area contributed by atoms with Gasteiger partial charge in [-0.25, -0.2) is 0 Å². The number of unbranched alkanes of at least 4 members (excludes halogenated alkanes) is 2. The third-order valence-electron chi connectivity index (χ3n) is 8.01. The number of pyridine rings is 1. The summed E-state index contributed by atoms with van der Waals surface area (Å²) >= 11 is 0. The minimum atomic E-state index is -0.350. The molecule has 1 aliphatic rings. The normalized spacial score (nSPS) is 14.9. The van der Waals surface area contributed by atoms with E-state index in [2.05, 4.69) is 56.2 Å². The summed E-state index contributed by atoms with van der Waals surface area (Å²) in [5, 5.41) is 4.76. The molecule has 4 rings (SSSR count). The largest absolute Gasteiger partial charge is 0.491 e. The molecule has 218 valence electrons. The molecule has 0 spiro atoms. The molecule has 0 amide bonds. The fourth-order valence-corrected chi connectivity index (χ4v) is 5.72. The monoisotopic (exact) mass is 548 g/mol. The minimum absolute atomic E-state index is 0.140. The summed E-state index contributed by atoms with van der Waals surface area (Å²) in [7, 11) is 0. The molecular weight excluding hydrogens is 500 g/mol. The molecular formula is C34H48N2O4. The molecule has 1 heterocycles. The average molecular weight is 549 g/mol. The fourth-order valence-electron chi connectivity index (χ4n) is 5.72. The van der Waals surface area contributed by atoms with Crippen LogP contribution in [0.3, 0.4) is 0 Å². The van der Waals surface area contributed by atoms with E-state index >= 15 is 0 Å². The Morgan fingerprint density at radius 3 is 2.25 bits per heavy atom. The summed E-state index contributed by atoms with van der Waals surface area (Å²) in [5.74, 6) is 0.702. The van der Waals surface area contributed by atoms with Crippen molar-refractivity contribution in [2.24, 2.45) is 0 Å². The van der Waals surface area contributed by atoms with Gasteiger partial charge in [0.1, 0.15) is 5.75 Å². The first-order valence-electron chi connectivity index (χ1n) is 15.4. The molecule has 40 heavy (non-hydrogen) atoms. The van der Waals surface area contributed by atoms with Crippen LogP contribution in [-0.4, -0.2) is 37.1 Å². The first-order valence-corrected chi connectivity index (χ1v) is 15.4. The Balaban J connectivity index is 1.57. The Kier molecular flexibility index (Phi) is 11.2. The second-order valence-electron chi connectivity index (χ2n) is 11.0. The van der Waals surface area contributed by atoms with E-state index in [0.717, 1.165) is 67.8 Å². The third-order valence-corrected chi connectivity index (χ3v) is 8.01. The number of hydrogen-bond donors (Lipinski definition) is 2. The molecule has 6 nitrogen and oxygen atoms in total. The van der Waals surface area contributed by atoms with Gasteiger partial charge in [0.05, 0.1) is 18.2 Å². The molecule has 2 aromatic carbocycles. The molecule has 6 heteroatoms. The van der Waals surface area contributed by atoms with Crippen LogP contribution in [0.15, 0.2) is 41.2 Å². The molecule has 1 unspecified atom stereocenters. The van der Waals surface area contributed by atoms with Crippen LogP contribution in [0.25, 0.3) is 10.9 Å². The lowest BCUT2D eigenvalue weighted by Crippen LogP contribution is -2.35. The van der Waals surface area contributed by atoms with E-state index in [0.29, 0.717) is 31.5 Å². The Morgan fingerprint density at radius 1 is 0.925 bits per heavy atom. The highest BCUT2D eigenvalue weighted by Gasteiger charge is 2.26. The topological polar surface area (TPSA) is 72.6 Å². The highest BCUT2D eigenvalue weighted by Crippen LogP contribution is 2.33. The Labute approximate surface area is 239 Å². The van der Waals surface area contributed by atoms with Gasteiger partial charge in [0, 0.05) is 30.6 Å². The van der Waals surface area contributed by atoms with Crippen LogP contribution in [0.1, 0.15) is 94.2 Å². The summed E-state index contributed by atoms with van der Waals surface area (Å²) < 4.78 is 18.6. The molecule has 0 radical (unpaired) electrons. The standard InChI is InChI=1S/C34H48N2O4/c1-6-10-16-38-23(5)40-32(22-35-28-20-26-18-24(8-3)25(9-4)19-27(26)21-28)29-12-14-31(39-17-11-7-2)34-30(29)13-15-33(37)36-34/h12-15,18-19,23,28,32,35H,6-11,16-17,20-22H2,1-5H3,(H,36,37)/t23-,32?/m0/s1. The van der Waals surface area contributed by atoms with E-state index in [1.165, 1.54) is 22.3 Å². The molecule has 0 aliphatic heterocycles. The summed E-state index contributed by atoms with van der Waals surface area (Å²) in [6.45, 7) is 12.7. The lowest BCUT2D eigenvalue weighted by atomic mass is 9.97. The van der Waals surface area contributed by atoms with Gasteiger partial charge < -0.3 is 24.5 Å². The number of aryl methyl sites for hydroxylation is 2. The summed E-state index contributed by atoms with van der Waals surface area (Å²) in [5.41, 5.74) is 7.49. The number of H-pyrrole nitrogens is 1. The maximum Gasteiger partial charge on any atom is 0.248 e. The van der Waals surface area contributed by atoms with Crippen molar-refractivity contribution in [3.8, 4) is 5.75 Å². The van der Waals surface area contributed by atoms with Crippen molar-refractivity contribution in [1.29, 1.82) is 0 Å². The lowest BCUT2D eigenvalue weighted by Gasteiger charge is -2.26. The summed E-state index contributed by atoms with van der Waals surface area (Å²) in [6.07, 6.45) is 7.70. The van der Waals surface area contributed by atoms with Gasteiger partial charge in [-0.3, -0.25) is 4.79 Å². The van der Waals surface area contributed by atoms with E-state index < -0.39 is 0 Å². The Morgan fingerprint density at radius 2 is 1.60 bits per heavy atom. The van der Waals surface area contributed by atoms with Gasteiger partial charge >= 0.3 is 0 Å². The summed E-state index contributed by atoms with van der Waals surface area (Å²) in [6, 6.07) is 12.7. The number of fused-ring (bicyclic) bond motifs is 2. The number of rotatable bonds is 16. The quantitative estimate of drug-likeness (QED) is 0.152. The average Bonchev–Trinajstić information content (AvgIpc) is 3.36. The van der Waals surface area contributed by atoms with Crippen LogP contribution in [0.5, 0.6) is 5.75 Å². The fraction of sp³-hybridized carbons (Fsp3) is 0.559. The summed E-state index contributed by atoms with van der Waals surface area (Å²) in [4.78, 5) is 15.3. The Bertz CT molecular complexity index is 1270. The zero-order chi connectivity index (χ0) is 28.5. The predicted octanol–water partition coefficient (Wildman–Crippen LogP) is 6.81. The molecule has 2 atom stereocenters. The molecule has 0 bridgehead atoms. The number of benzene rings is 2. The zero-order valence-electron chi connectivity index (χ0n) is 25.1. The first kappa shape index (κ1) is 30.3. The highest BCUT2D eigenvalue weighted by atomic mass is 16.7. The van der Waals surface area contributed by atoms with Crippen LogP contribution in [0, 0.1) is 0 Å². The molecule has 1 aliphatic carbocycles. The van der Waals surface area contributed by atoms with Gasteiger partial charge in [-0.15, -0.1) is 0 Å². The van der Waals surface area contributed by atoms with Crippen LogP contribution in [-0.2, 0) is 35.2 Å². The molecule has 0 fully saturated rings. The zero-order valence-corrected chi connectivity index (χ0v) is 25.1. The Hall–Kier alpha value is -2.67. The van der Waals surface area contributed by atoms with Crippen LogP contribution in [0.2, 0.25) is 0 Å². The van der Waals surface area contributed by atoms with E-state index in [1.807, 2.05) is 19.1 Å². The van der Waals surface area contributed by atoms with E-state index in [1.54, 1.807) is 6.07 Å². The van der Waals surface area contributed by atoms with Gasteiger partial charge in [-0.2, -0.15) is 0 Å². The maximum absolute atomic E-state index is 12.3.